The van der Waals surface area contributed by atoms with Crippen LogP contribution in [0.1, 0.15) is 13.8 Å². The Kier molecular flexibility index (Phi) is 7.81. The maximum absolute atomic E-state index is 11.8. The van der Waals surface area contributed by atoms with E-state index in [-0.39, 0.29) is 61.7 Å². The predicted octanol–water partition coefficient (Wildman–Crippen LogP) is -0.115. The molecule has 2 aromatic heterocycles. The van der Waals surface area contributed by atoms with Crippen molar-refractivity contribution >= 4 is 35.5 Å². The van der Waals surface area contributed by atoms with Crippen molar-refractivity contribution in [2.45, 2.75) is 26.6 Å². The molecule has 0 radical (unpaired) electrons. The van der Waals surface area contributed by atoms with Crippen LogP contribution in [-0.4, -0.2) is 51.8 Å². The van der Waals surface area contributed by atoms with E-state index in [1.54, 1.807) is 11.6 Å². The van der Waals surface area contributed by atoms with Gasteiger partial charge in [-0.1, -0.05) is 13.8 Å². The topological polar surface area (TPSA) is 137 Å². The molecule has 0 aromatic carbocycles. The van der Waals surface area contributed by atoms with Gasteiger partial charge in [0.15, 0.2) is 11.2 Å². The molecule has 0 fully saturated rings. The predicted molar refractivity (Wildman–Crippen MR) is 94.4 cm³/mol. The summed E-state index contributed by atoms with van der Waals surface area (Å²) in [5.41, 5.74) is 5.64. The summed E-state index contributed by atoms with van der Waals surface area (Å²) in [7, 11) is 1.72. The zero-order valence-corrected chi connectivity index (χ0v) is 15.1. The second-order valence-electron chi connectivity index (χ2n) is 5.55. The lowest BCUT2D eigenvalue weighted by Gasteiger charge is -2.18. The number of imidazole rings is 1. The molecule has 10 nitrogen and oxygen atoms in total. The fourth-order valence-electron chi connectivity index (χ4n) is 2.24. The number of fused-ring (bicyclic) bond motifs is 1. The molecule has 0 unspecified atom stereocenters. The summed E-state index contributed by atoms with van der Waals surface area (Å²) in [5, 5.41) is 2.91. The van der Waals surface area contributed by atoms with Gasteiger partial charge < -0.3 is 20.5 Å². The van der Waals surface area contributed by atoms with Crippen LogP contribution < -0.4 is 16.6 Å². The van der Waals surface area contributed by atoms with Gasteiger partial charge in [0.1, 0.15) is 19.4 Å². The van der Waals surface area contributed by atoms with Crippen LogP contribution in [0.5, 0.6) is 0 Å². The number of anilines is 1. The van der Waals surface area contributed by atoms with Gasteiger partial charge >= 0.3 is 5.97 Å². The van der Waals surface area contributed by atoms with E-state index >= 15 is 0 Å². The highest BCUT2D eigenvalue weighted by molar-refractivity contribution is 5.85. The van der Waals surface area contributed by atoms with Crippen molar-refractivity contribution in [2.75, 3.05) is 26.0 Å². The molecular weight excluding hydrogens is 352 g/mol. The van der Waals surface area contributed by atoms with Crippen LogP contribution in [0.25, 0.3) is 11.2 Å². The minimum atomic E-state index is -0.406. The van der Waals surface area contributed by atoms with Gasteiger partial charge in [-0.05, 0) is 13.0 Å². The number of aromatic nitrogens is 4. The molecule has 1 atom stereocenters. The van der Waals surface area contributed by atoms with Gasteiger partial charge in [-0.25, -0.2) is 4.98 Å². The van der Waals surface area contributed by atoms with E-state index in [0.717, 1.165) is 0 Å². The highest BCUT2D eigenvalue weighted by Gasteiger charge is 2.21. The number of carbonyl (C=O) groups excluding carboxylic acids is 1. The van der Waals surface area contributed by atoms with Crippen LogP contribution in [-0.2, 0) is 21.0 Å². The smallest absolute Gasteiger partial charge is 0.323 e. The molecule has 25 heavy (non-hydrogen) atoms. The Morgan fingerprint density at radius 1 is 1.44 bits per heavy atom. The Morgan fingerprint density at radius 2 is 2.16 bits per heavy atom. The second kappa shape index (κ2) is 9.35. The first-order chi connectivity index (χ1) is 11.4. The standard InChI is InChI=1S/C14H22N6O4.ClH/c1-8(2)9(16-3)13(22)24-5-4-23-7-20-6-17-10-11(20)18-14(15)19-12(10)21;/h6,8-9,16H,4-5,7H2,1-3H3,(H3,15,18,19,21);1H/t9-;/m0./s1. The molecule has 4 N–H and O–H groups in total. The van der Waals surface area contributed by atoms with E-state index in [1.165, 1.54) is 6.33 Å². The molecule has 0 aliphatic rings. The number of nitrogens with zero attached hydrogens (tertiary/aromatic N) is 3. The summed E-state index contributed by atoms with van der Waals surface area (Å²) in [6, 6.07) is -0.346. The van der Waals surface area contributed by atoms with E-state index < -0.39 is 5.56 Å². The number of rotatable bonds is 8. The summed E-state index contributed by atoms with van der Waals surface area (Å²) in [4.78, 5) is 33.9. The van der Waals surface area contributed by atoms with Gasteiger partial charge in [0, 0.05) is 0 Å². The Labute approximate surface area is 150 Å². The van der Waals surface area contributed by atoms with E-state index in [0.29, 0.717) is 5.65 Å². The molecule has 2 rings (SSSR count). The van der Waals surface area contributed by atoms with Gasteiger partial charge in [0.05, 0.1) is 12.9 Å². The summed E-state index contributed by atoms with van der Waals surface area (Å²) >= 11 is 0. The summed E-state index contributed by atoms with van der Waals surface area (Å²) in [6.45, 7) is 4.32. The van der Waals surface area contributed by atoms with Gasteiger partial charge in [0.2, 0.25) is 5.95 Å². The molecule has 0 bridgehead atoms. The summed E-state index contributed by atoms with van der Waals surface area (Å²) in [5.74, 6) is -0.171. The van der Waals surface area contributed by atoms with Crippen LogP contribution in [0.2, 0.25) is 0 Å². The second-order valence-corrected chi connectivity index (χ2v) is 5.55. The Balaban J connectivity index is 0.00000312. The number of H-pyrrole nitrogens is 1. The van der Waals surface area contributed by atoms with Gasteiger partial charge in [-0.3, -0.25) is 19.1 Å². The lowest BCUT2D eigenvalue weighted by atomic mass is 10.1. The van der Waals surface area contributed by atoms with Crippen molar-refractivity contribution in [1.29, 1.82) is 0 Å². The molecular formula is C14H23ClN6O4. The number of nitrogens with two attached hydrogens (primary N) is 1. The minimum absolute atomic E-state index is 0. The number of aromatic amines is 1. The molecule has 2 heterocycles. The Morgan fingerprint density at radius 3 is 2.80 bits per heavy atom. The van der Waals surface area contributed by atoms with E-state index in [1.807, 2.05) is 13.8 Å². The Bertz CT molecular complexity index is 759. The third kappa shape index (κ3) is 5.15. The summed E-state index contributed by atoms with van der Waals surface area (Å²) < 4.78 is 12.1. The van der Waals surface area contributed by atoms with E-state index in [4.69, 9.17) is 15.2 Å². The monoisotopic (exact) mass is 374 g/mol. The van der Waals surface area contributed by atoms with Gasteiger partial charge in [-0.2, -0.15) is 4.98 Å². The van der Waals surface area contributed by atoms with Crippen LogP contribution in [0, 0.1) is 5.92 Å². The minimum Gasteiger partial charge on any atom is -0.462 e. The van der Waals surface area contributed by atoms with Crippen LogP contribution >= 0.6 is 12.4 Å². The first kappa shape index (κ1) is 20.9. The maximum atomic E-state index is 11.8. The van der Waals surface area contributed by atoms with Crippen molar-refractivity contribution in [3.63, 3.8) is 0 Å². The highest BCUT2D eigenvalue weighted by atomic mass is 35.5. The molecule has 0 spiro atoms. The Hall–Kier alpha value is -2.17. The zero-order chi connectivity index (χ0) is 17.7. The van der Waals surface area contributed by atoms with Crippen molar-refractivity contribution in [3.05, 3.63) is 16.7 Å². The molecule has 0 aliphatic heterocycles. The number of esters is 1. The number of nitrogen functional groups attached to an aromatic ring is 1. The maximum Gasteiger partial charge on any atom is 0.323 e. The van der Waals surface area contributed by atoms with E-state index in [2.05, 4.69) is 20.3 Å². The number of carbonyl (C=O) groups is 1. The SMILES string of the molecule is CN[C@H](C(=O)OCCOCn1cnc2c(=O)[nH]c(N)nc21)C(C)C.Cl. The van der Waals surface area contributed by atoms with Crippen LogP contribution in [0.3, 0.4) is 0 Å². The van der Waals surface area contributed by atoms with Crippen molar-refractivity contribution < 1.29 is 14.3 Å². The molecule has 0 saturated heterocycles. The molecule has 0 amide bonds. The first-order valence-electron chi connectivity index (χ1n) is 7.56. The number of hydrogen-bond donors (Lipinski definition) is 3. The van der Waals surface area contributed by atoms with Crippen LogP contribution in [0.4, 0.5) is 5.95 Å². The number of hydrogen-bond acceptors (Lipinski definition) is 8. The third-order valence-electron chi connectivity index (χ3n) is 3.43. The quantitative estimate of drug-likeness (QED) is 0.429. The van der Waals surface area contributed by atoms with Gasteiger partial charge in [-0.15, -0.1) is 12.4 Å². The molecule has 2 aromatic rings. The molecule has 0 aliphatic carbocycles. The fourth-order valence-corrected chi connectivity index (χ4v) is 2.24. The number of ether oxygens (including phenoxy) is 2. The first-order valence-corrected chi connectivity index (χ1v) is 7.56. The average Bonchev–Trinajstić information content (AvgIpc) is 2.90. The van der Waals surface area contributed by atoms with Crippen molar-refractivity contribution in [3.8, 4) is 0 Å². The van der Waals surface area contributed by atoms with Crippen LogP contribution in [0.15, 0.2) is 11.1 Å². The highest BCUT2D eigenvalue weighted by Crippen LogP contribution is 2.06. The molecule has 11 heteroatoms. The van der Waals surface area contributed by atoms with Crippen molar-refractivity contribution in [1.82, 2.24) is 24.8 Å². The van der Waals surface area contributed by atoms with Crippen molar-refractivity contribution in [2.24, 2.45) is 5.92 Å². The normalized spacial score (nSPS) is 12.2. The molecule has 140 valence electrons. The molecule has 0 saturated carbocycles. The fraction of sp³-hybridized carbons (Fsp3) is 0.571. The van der Waals surface area contributed by atoms with Gasteiger partial charge in [0.25, 0.3) is 5.56 Å². The number of nitrogens with one attached hydrogen (secondary N) is 2. The summed E-state index contributed by atoms with van der Waals surface area (Å²) in [6.07, 6.45) is 1.44. The number of likely N-dealkylation sites (N-methyl/N-ethyl adjacent to an activating group) is 1. The third-order valence-corrected chi connectivity index (χ3v) is 3.43. The average molecular weight is 375 g/mol. The van der Waals surface area contributed by atoms with E-state index in [9.17, 15) is 9.59 Å². The lowest BCUT2D eigenvalue weighted by Crippen LogP contribution is -2.40. The largest absolute Gasteiger partial charge is 0.462 e. The zero-order valence-electron chi connectivity index (χ0n) is 14.3. The lowest BCUT2D eigenvalue weighted by molar-refractivity contribution is -0.149. The number of halogens is 1.